The first-order valence-corrected chi connectivity index (χ1v) is 9.24. The van der Waals surface area contributed by atoms with Crippen LogP contribution in [0.25, 0.3) is 0 Å². The highest BCUT2D eigenvalue weighted by atomic mass is 127. The second-order valence-electron chi connectivity index (χ2n) is 5.96. The van der Waals surface area contributed by atoms with Crippen LogP contribution in [-0.2, 0) is 13.1 Å². The van der Waals surface area contributed by atoms with Gasteiger partial charge in [-0.05, 0) is 32.4 Å². The summed E-state index contributed by atoms with van der Waals surface area (Å²) >= 11 is 0. The van der Waals surface area contributed by atoms with Crippen molar-refractivity contribution in [3.8, 4) is 11.5 Å². The summed E-state index contributed by atoms with van der Waals surface area (Å²) in [5.41, 5.74) is 1.62. The smallest absolute Gasteiger partial charge is 0.387 e. The number of alkyl halides is 2. The standard InChI is InChI=1S/C19H27F2N5O2.HI/c1-4-22-19(23-9-10-26-13-14(3)11-25-26)24-12-15-7-6-8-16(27-5-2)17(15)28-18(20)21;/h6-8,11,13,18H,4-5,9-10,12H2,1-3H3,(H2,22,23,24);1H. The fourth-order valence-corrected chi connectivity index (χ4v) is 2.56. The summed E-state index contributed by atoms with van der Waals surface area (Å²) in [6.45, 7) is 5.27. The number of para-hydroxylation sites is 1. The summed E-state index contributed by atoms with van der Waals surface area (Å²) in [5.74, 6) is 0.879. The Bertz CT molecular complexity index is 771. The molecule has 162 valence electrons. The van der Waals surface area contributed by atoms with Gasteiger partial charge in [-0.25, -0.2) is 4.99 Å². The van der Waals surface area contributed by atoms with Crippen LogP contribution in [0.4, 0.5) is 8.78 Å². The number of nitrogens with zero attached hydrogens (tertiary/aromatic N) is 3. The molecule has 0 atom stereocenters. The molecule has 0 radical (unpaired) electrons. The Kier molecular flexibility index (Phi) is 11.3. The zero-order valence-corrected chi connectivity index (χ0v) is 19.2. The number of aryl methyl sites for hydroxylation is 1. The Balaban J connectivity index is 0.00000420. The molecule has 0 saturated carbocycles. The van der Waals surface area contributed by atoms with Gasteiger partial charge in [0.15, 0.2) is 17.5 Å². The number of hydrogen-bond acceptors (Lipinski definition) is 4. The van der Waals surface area contributed by atoms with E-state index in [0.717, 1.165) is 5.56 Å². The molecule has 0 spiro atoms. The SMILES string of the molecule is CCNC(=NCc1cccc(OCC)c1OC(F)F)NCCn1cc(C)cn1.I. The van der Waals surface area contributed by atoms with Crippen molar-refractivity contribution in [3.63, 3.8) is 0 Å². The van der Waals surface area contributed by atoms with E-state index >= 15 is 0 Å². The maximum Gasteiger partial charge on any atom is 0.387 e. The van der Waals surface area contributed by atoms with E-state index in [1.165, 1.54) is 0 Å². The highest BCUT2D eigenvalue weighted by Crippen LogP contribution is 2.33. The number of aromatic nitrogens is 2. The summed E-state index contributed by atoms with van der Waals surface area (Å²) in [6, 6.07) is 5.03. The largest absolute Gasteiger partial charge is 0.490 e. The lowest BCUT2D eigenvalue weighted by Gasteiger charge is -2.15. The summed E-state index contributed by atoms with van der Waals surface area (Å²) < 4.78 is 37.6. The fraction of sp³-hybridized carbons (Fsp3) is 0.474. The molecule has 0 unspecified atom stereocenters. The average molecular weight is 523 g/mol. The molecule has 1 aromatic carbocycles. The molecule has 29 heavy (non-hydrogen) atoms. The first-order chi connectivity index (χ1) is 13.5. The van der Waals surface area contributed by atoms with Crippen molar-refractivity contribution in [2.45, 2.75) is 40.5 Å². The van der Waals surface area contributed by atoms with E-state index in [4.69, 9.17) is 4.74 Å². The molecule has 2 aromatic rings. The van der Waals surface area contributed by atoms with E-state index in [1.807, 2.05) is 24.7 Å². The molecule has 0 fully saturated rings. The average Bonchev–Trinajstić information content (AvgIpc) is 3.06. The van der Waals surface area contributed by atoms with Gasteiger partial charge in [-0.2, -0.15) is 13.9 Å². The number of rotatable bonds is 10. The van der Waals surface area contributed by atoms with Gasteiger partial charge >= 0.3 is 6.61 Å². The Morgan fingerprint density at radius 1 is 1.28 bits per heavy atom. The maximum absolute atomic E-state index is 12.8. The van der Waals surface area contributed by atoms with Gasteiger partial charge in [-0.1, -0.05) is 12.1 Å². The quantitative estimate of drug-likeness (QED) is 0.283. The normalized spacial score (nSPS) is 11.2. The van der Waals surface area contributed by atoms with E-state index in [9.17, 15) is 8.78 Å². The van der Waals surface area contributed by atoms with Crippen LogP contribution in [0.15, 0.2) is 35.6 Å². The van der Waals surface area contributed by atoms with Gasteiger partial charge in [0.1, 0.15) is 0 Å². The second kappa shape index (κ2) is 13.2. The number of hydrogen-bond donors (Lipinski definition) is 2. The predicted octanol–water partition coefficient (Wildman–Crippen LogP) is 3.56. The van der Waals surface area contributed by atoms with Gasteiger partial charge in [0.25, 0.3) is 0 Å². The molecular weight excluding hydrogens is 495 g/mol. The van der Waals surface area contributed by atoms with Gasteiger partial charge in [0, 0.05) is 24.8 Å². The van der Waals surface area contributed by atoms with Gasteiger partial charge < -0.3 is 20.1 Å². The van der Waals surface area contributed by atoms with Crippen molar-refractivity contribution in [1.82, 2.24) is 20.4 Å². The molecule has 0 aliphatic heterocycles. The maximum atomic E-state index is 12.8. The molecule has 0 aliphatic rings. The predicted molar refractivity (Wildman–Crippen MR) is 119 cm³/mol. The van der Waals surface area contributed by atoms with Gasteiger partial charge in [-0.3, -0.25) is 4.68 Å². The van der Waals surface area contributed by atoms with E-state index in [-0.39, 0.29) is 42.0 Å². The van der Waals surface area contributed by atoms with Gasteiger partial charge in [0.05, 0.1) is 25.9 Å². The third-order valence-electron chi connectivity index (χ3n) is 3.71. The molecule has 2 N–H and O–H groups in total. The van der Waals surface area contributed by atoms with E-state index < -0.39 is 6.61 Å². The van der Waals surface area contributed by atoms with E-state index in [0.29, 0.717) is 37.8 Å². The lowest BCUT2D eigenvalue weighted by Crippen LogP contribution is -2.38. The molecule has 1 aromatic heterocycles. The minimum absolute atomic E-state index is 0. The summed E-state index contributed by atoms with van der Waals surface area (Å²) in [5, 5.41) is 10.6. The van der Waals surface area contributed by atoms with Crippen molar-refractivity contribution in [2.24, 2.45) is 4.99 Å². The molecule has 7 nitrogen and oxygen atoms in total. The molecule has 10 heteroatoms. The minimum Gasteiger partial charge on any atom is -0.490 e. The topological polar surface area (TPSA) is 72.7 Å². The van der Waals surface area contributed by atoms with Gasteiger partial charge in [0.2, 0.25) is 0 Å². The van der Waals surface area contributed by atoms with Gasteiger partial charge in [-0.15, -0.1) is 24.0 Å². The molecule has 1 heterocycles. The lowest BCUT2D eigenvalue weighted by atomic mass is 10.2. The van der Waals surface area contributed by atoms with Crippen LogP contribution in [0.1, 0.15) is 25.0 Å². The number of nitrogens with one attached hydrogen (secondary N) is 2. The zero-order valence-electron chi connectivity index (χ0n) is 16.8. The summed E-state index contributed by atoms with van der Waals surface area (Å²) in [6.07, 6.45) is 3.76. The van der Waals surface area contributed by atoms with Crippen LogP contribution in [0.2, 0.25) is 0 Å². The van der Waals surface area contributed by atoms with Crippen LogP contribution < -0.4 is 20.1 Å². The fourth-order valence-electron chi connectivity index (χ4n) is 2.56. The van der Waals surface area contributed by atoms with Crippen molar-refractivity contribution in [2.75, 3.05) is 19.7 Å². The Morgan fingerprint density at radius 2 is 2.07 bits per heavy atom. The van der Waals surface area contributed by atoms with Crippen molar-refractivity contribution >= 4 is 29.9 Å². The number of halogens is 3. The number of guanidine groups is 1. The number of benzene rings is 1. The van der Waals surface area contributed by atoms with E-state index in [2.05, 4.69) is 25.5 Å². The molecular formula is C19H28F2IN5O2. The minimum atomic E-state index is -2.94. The van der Waals surface area contributed by atoms with Crippen molar-refractivity contribution in [1.29, 1.82) is 0 Å². The lowest BCUT2D eigenvalue weighted by molar-refractivity contribution is -0.0520. The third kappa shape index (κ3) is 8.42. The van der Waals surface area contributed by atoms with Crippen LogP contribution in [0, 0.1) is 6.92 Å². The first kappa shape index (κ1) is 24.9. The zero-order chi connectivity index (χ0) is 20.4. The van der Waals surface area contributed by atoms with Crippen LogP contribution in [0.5, 0.6) is 11.5 Å². The van der Waals surface area contributed by atoms with Crippen LogP contribution >= 0.6 is 24.0 Å². The highest BCUT2D eigenvalue weighted by molar-refractivity contribution is 14.0. The summed E-state index contributed by atoms with van der Waals surface area (Å²) in [4.78, 5) is 4.47. The van der Waals surface area contributed by atoms with Crippen molar-refractivity contribution in [3.05, 3.63) is 41.7 Å². The Labute approximate surface area is 186 Å². The third-order valence-corrected chi connectivity index (χ3v) is 3.71. The number of aliphatic imine (C=N–C) groups is 1. The summed E-state index contributed by atoms with van der Waals surface area (Å²) in [7, 11) is 0. The molecule has 0 bridgehead atoms. The Hall–Kier alpha value is -2.11. The molecule has 0 aliphatic carbocycles. The molecule has 0 saturated heterocycles. The first-order valence-electron chi connectivity index (χ1n) is 9.24. The van der Waals surface area contributed by atoms with Crippen molar-refractivity contribution < 1.29 is 18.3 Å². The Morgan fingerprint density at radius 3 is 2.69 bits per heavy atom. The molecule has 2 rings (SSSR count). The number of ether oxygens (including phenoxy) is 2. The van der Waals surface area contributed by atoms with E-state index in [1.54, 1.807) is 31.3 Å². The van der Waals surface area contributed by atoms with Crippen LogP contribution in [-0.4, -0.2) is 42.0 Å². The highest BCUT2D eigenvalue weighted by Gasteiger charge is 2.15. The monoisotopic (exact) mass is 523 g/mol. The second-order valence-corrected chi connectivity index (χ2v) is 5.96. The molecule has 0 amide bonds. The van der Waals surface area contributed by atoms with Crippen LogP contribution in [0.3, 0.4) is 0 Å².